The van der Waals surface area contributed by atoms with Crippen LogP contribution in [0.4, 0.5) is 0 Å². The molecule has 0 radical (unpaired) electrons. The minimum Gasteiger partial charge on any atom is -0.477 e. The molecule has 4 aromatic rings. The van der Waals surface area contributed by atoms with E-state index in [1.807, 2.05) is 30.2 Å². The van der Waals surface area contributed by atoms with E-state index in [0.717, 1.165) is 39.7 Å². The lowest BCUT2D eigenvalue weighted by atomic mass is 9.77. The Morgan fingerprint density at radius 2 is 2.00 bits per heavy atom. The molecular formula is C24H24N4O3. The van der Waals surface area contributed by atoms with Crippen molar-refractivity contribution in [2.24, 2.45) is 12.5 Å². The molecule has 4 heterocycles. The Balaban J connectivity index is 1.87. The normalized spacial score (nSPS) is 15.7. The summed E-state index contributed by atoms with van der Waals surface area (Å²) in [6.45, 7) is 6.43. The molecule has 1 aromatic carbocycles. The van der Waals surface area contributed by atoms with Gasteiger partial charge in [0.15, 0.2) is 5.43 Å². The molecule has 5 rings (SSSR count). The highest BCUT2D eigenvalue weighted by molar-refractivity contribution is 6.01. The lowest BCUT2D eigenvalue weighted by molar-refractivity contribution is 0.0693. The number of carboxylic acids is 1. The van der Waals surface area contributed by atoms with E-state index in [0.29, 0.717) is 0 Å². The average molecular weight is 416 g/mol. The summed E-state index contributed by atoms with van der Waals surface area (Å²) in [5.41, 5.74) is 5.10. The second kappa shape index (κ2) is 6.44. The van der Waals surface area contributed by atoms with Gasteiger partial charge >= 0.3 is 5.97 Å². The summed E-state index contributed by atoms with van der Waals surface area (Å²) in [5.74, 6) is -1.20. The Morgan fingerprint density at radius 1 is 1.23 bits per heavy atom. The van der Waals surface area contributed by atoms with Crippen molar-refractivity contribution in [3.8, 4) is 22.4 Å². The molecular weight excluding hydrogens is 392 g/mol. The first-order chi connectivity index (χ1) is 14.6. The largest absolute Gasteiger partial charge is 0.477 e. The van der Waals surface area contributed by atoms with E-state index < -0.39 is 11.4 Å². The zero-order chi connectivity index (χ0) is 22.1. The number of hydrogen-bond donors (Lipinski definition) is 2. The van der Waals surface area contributed by atoms with Gasteiger partial charge in [0.2, 0.25) is 0 Å². The van der Waals surface area contributed by atoms with Crippen molar-refractivity contribution in [1.29, 1.82) is 0 Å². The molecule has 31 heavy (non-hydrogen) atoms. The summed E-state index contributed by atoms with van der Waals surface area (Å²) in [7, 11) is 1.88. The number of pyridine rings is 1. The van der Waals surface area contributed by atoms with Crippen LogP contribution >= 0.6 is 0 Å². The first-order valence-corrected chi connectivity index (χ1v) is 10.3. The number of H-pyrrole nitrogens is 1. The zero-order valence-corrected chi connectivity index (χ0v) is 17.9. The van der Waals surface area contributed by atoms with Gasteiger partial charge in [0.25, 0.3) is 0 Å². The molecule has 7 nitrogen and oxygen atoms in total. The monoisotopic (exact) mass is 416 g/mol. The number of carbonyl (C=O) groups is 1. The number of aryl methyl sites for hydroxylation is 1. The van der Waals surface area contributed by atoms with Gasteiger partial charge < -0.3 is 14.7 Å². The first-order valence-electron chi connectivity index (χ1n) is 10.3. The van der Waals surface area contributed by atoms with Crippen molar-refractivity contribution < 1.29 is 9.90 Å². The number of benzene rings is 1. The van der Waals surface area contributed by atoms with Gasteiger partial charge in [0.05, 0.1) is 17.4 Å². The van der Waals surface area contributed by atoms with Crippen molar-refractivity contribution in [3.05, 3.63) is 64.3 Å². The maximum absolute atomic E-state index is 12.7. The highest BCUT2D eigenvalue weighted by Gasteiger charge is 2.35. The molecule has 0 fully saturated rings. The molecule has 0 amide bonds. The van der Waals surface area contributed by atoms with Gasteiger partial charge in [-0.3, -0.25) is 9.48 Å². The fraction of sp³-hybridized carbons (Fsp3) is 0.292. The molecule has 0 aliphatic carbocycles. The lowest BCUT2D eigenvalue weighted by Crippen LogP contribution is -2.32. The van der Waals surface area contributed by atoms with Crippen molar-refractivity contribution in [3.63, 3.8) is 0 Å². The first kappa shape index (κ1) is 19.4. The van der Waals surface area contributed by atoms with Gasteiger partial charge in [-0.05, 0) is 29.5 Å². The van der Waals surface area contributed by atoms with Crippen LogP contribution in [-0.4, -0.2) is 30.4 Å². The summed E-state index contributed by atoms with van der Waals surface area (Å²) in [6, 6.07) is 5.66. The van der Waals surface area contributed by atoms with E-state index in [1.54, 1.807) is 4.68 Å². The van der Waals surface area contributed by atoms with Crippen molar-refractivity contribution in [2.75, 3.05) is 0 Å². The number of fused-ring (bicyclic) bond motifs is 5. The smallest absolute Gasteiger partial charge is 0.341 e. The number of rotatable bonds is 2. The summed E-state index contributed by atoms with van der Waals surface area (Å²) in [6.07, 6.45) is 7.98. The van der Waals surface area contributed by atoms with Crippen LogP contribution in [0.2, 0.25) is 0 Å². The lowest BCUT2D eigenvalue weighted by Gasteiger charge is -2.39. The van der Waals surface area contributed by atoms with E-state index in [2.05, 4.69) is 43.0 Å². The van der Waals surface area contributed by atoms with Gasteiger partial charge in [-0.1, -0.05) is 20.8 Å². The van der Waals surface area contributed by atoms with Gasteiger partial charge in [-0.25, -0.2) is 4.79 Å². The van der Waals surface area contributed by atoms with Crippen LogP contribution in [0.3, 0.4) is 0 Å². The summed E-state index contributed by atoms with van der Waals surface area (Å²) >= 11 is 0. The highest BCUT2D eigenvalue weighted by atomic mass is 16.4. The van der Waals surface area contributed by atoms with E-state index >= 15 is 0 Å². The van der Waals surface area contributed by atoms with Crippen LogP contribution in [-0.2, 0) is 13.5 Å². The topological polar surface area (TPSA) is 92.9 Å². The van der Waals surface area contributed by atoms with Gasteiger partial charge in [-0.15, -0.1) is 0 Å². The minimum atomic E-state index is -1.20. The van der Waals surface area contributed by atoms with Crippen LogP contribution in [0.25, 0.3) is 33.3 Å². The van der Waals surface area contributed by atoms with Gasteiger partial charge in [0, 0.05) is 59.8 Å². The number of nitrogens with zero attached hydrogens (tertiary/aromatic N) is 3. The number of aromatic amines is 1. The second-order valence-electron chi connectivity index (χ2n) is 9.35. The maximum atomic E-state index is 12.7. The van der Waals surface area contributed by atoms with Crippen molar-refractivity contribution in [2.45, 2.75) is 33.2 Å². The molecule has 2 N–H and O–H groups in total. The molecule has 1 atom stereocenters. The Kier molecular flexibility index (Phi) is 4.02. The molecule has 0 saturated heterocycles. The van der Waals surface area contributed by atoms with E-state index in [1.165, 1.54) is 17.8 Å². The Bertz CT molecular complexity index is 1420. The quantitative estimate of drug-likeness (QED) is 0.511. The molecule has 1 aliphatic rings. The number of aromatic nitrogens is 4. The molecule has 0 spiro atoms. The highest BCUT2D eigenvalue weighted by Crippen LogP contribution is 2.46. The predicted octanol–water partition coefficient (Wildman–Crippen LogP) is 4.24. The number of hydrogen-bond acceptors (Lipinski definition) is 3. The van der Waals surface area contributed by atoms with Crippen LogP contribution < -0.4 is 5.43 Å². The van der Waals surface area contributed by atoms with E-state index in [-0.39, 0.29) is 17.0 Å². The van der Waals surface area contributed by atoms with Crippen molar-refractivity contribution >= 4 is 16.9 Å². The van der Waals surface area contributed by atoms with E-state index in [9.17, 15) is 14.7 Å². The predicted molar refractivity (Wildman–Crippen MR) is 119 cm³/mol. The van der Waals surface area contributed by atoms with Crippen LogP contribution in [0.15, 0.2) is 47.8 Å². The molecule has 1 aliphatic heterocycles. The molecule has 0 saturated carbocycles. The average Bonchev–Trinajstić information content (AvgIpc) is 3.34. The third-order valence-electron chi connectivity index (χ3n) is 6.29. The molecule has 3 aromatic heterocycles. The number of aromatic carboxylic acids is 1. The fourth-order valence-corrected chi connectivity index (χ4v) is 4.73. The molecule has 0 bridgehead atoms. The summed E-state index contributed by atoms with van der Waals surface area (Å²) in [4.78, 5) is 27.7. The SMILES string of the molecule is Cn1cc(-c2cc3c(c4cc[nH]c24)C[C@@H](C(C)(C)C)n2cc(C(=O)O)c(=O)cc2-3)cn1. The molecule has 158 valence electrons. The van der Waals surface area contributed by atoms with E-state index in [4.69, 9.17) is 0 Å². The minimum absolute atomic E-state index is 0.0102. The molecule has 7 heteroatoms. The fourth-order valence-electron chi connectivity index (χ4n) is 4.73. The Morgan fingerprint density at radius 3 is 2.65 bits per heavy atom. The number of nitrogens with one attached hydrogen (secondary N) is 1. The summed E-state index contributed by atoms with van der Waals surface area (Å²) in [5, 5.41) is 15.0. The van der Waals surface area contributed by atoms with Gasteiger partial charge in [0.1, 0.15) is 5.56 Å². The number of carboxylic acid groups (broad SMARTS) is 1. The second-order valence-corrected chi connectivity index (χ2v) is 9.35. The standard InChI is InChI=1S/C24H24N4O3/c1-24(2,3)21-8-16-14-5-6-25-22(14)15(13-10-26-27(4)11-13)7-17(16)19-9-20(29)18(23(30)31)12-28(19)21/h5-7,9-12,21,25H,8H2,1-4H3,(H,30,31)/t21-/m0/s1. The summed E-state index contributed by atoms with van der Waals surface area (Å²) < 4.78 is 3.75. The Hall–Kier alpha value is -3.61. The van der Waals surface area contributed by atoms with Crippen LogP contribution in [0, 0.1) is 5.41 Å². The molecule has 0 unspecified atom stereocenters. The van der Waals surface area contributed by atoms with Crippen molar-refractivity contribution in [1.82, 2.24) is 19.3 Å². The third-order valence-corrected chi connectivity index (χ3v) is 6.29. The third kappa shape index (κ3) is 2.91. The van der Waals surface area contributed by atoms with Gasteiger partial charge in [-0.2, -0.15) is 5.10 Å². The van der Waals surface area contributed by atoms with Crippen LogP contribution in [0.1, 0.15) is 42.7 Å². The Labute approximate surface area is 179 Å². The maximum Gasteiger partial charge on any atom is 0.341 e. The van der Waals surface area contributed by atoms with Crippen LogP contribution in [0.5, 0.6) is 0 Å². The zero-order valence-electron chi connectivity index (χ0n) is 17.9.